The van der Waals surface area contributed by atoms with Crippen LogP contribution in [0.2, 0.25) is 5.02 Å². The van der Waals surface area contributed by atoms with E-state index in [1.807, 2.05) is 0 Å². The van der Waals surface area contributed by atoms with Gasteiger partial charge in [0.1, 0.15) is 11.5 Å². The van der Waals surface area contributed by atoms with Gasteiger partial charge in [-0.3, -0.25) is 0 Å². The minimum atomic E-state index is -0.478. The Kier molecular flexibility index (Phi) is 4.90. The van der Waals surface area contributed by atoms with Gasteiger partial charge in [-0.15, -0.1) is 0 Å². The molecule has 4 nitrogen and oxygen atoms in total. The van der Waals surface area contributed by atoms with Crippen molar-refractivity contribution in [2.45, 2.75) is 6.54 Å². The average Bonchev–Trinajstić information content (AvgIpc) is 2.86. The Bertz CT molecular complexity index is 545. The predicted molar refractivity (Wildman–Crippen MR) is 70.5 cm³/mol. The molecule has 0 amide bonds. The van der Waals surface area contributed by atoms with Gasteiger partial charge in [0, 0.05) is 25.8 Å². The number of nitrogens with one attached hydrogen (secondary N) is 1. The summed E-state index contributed by atoms with van der Waals surface area (Å²) in [5.74, 6) is 0.00303. The fraction of sp³-hybridized carbons (Fsp3) is 0.308. The number of ether oxygens (including phenoxy) is 1. The van der Waals surface area contributed by atoms with Crippen LogP contribution < -0.4 is 5.32 Å². The van der Waals surface area contributed by atoms with Crippen LogP contribution in [0.1, 0.15) is 5.69 Å². The van der Waals surface area contributed by atoms with Crippen molar-refractivity contribution in [2.75, 3.05) is 20.3 Å². The van der Waals surface area contributed by atoms with Crippen LogP contribution in [0, 0.1) is 5.82 Å². The van der Waals surface area contributed by atoms with Crippen molar-refractivity contribution in [3.63, 3.8) is 0 Å². The van der Waals surface area contributed by atoms with E-state index in [0.717, 1.165) is 0 Å². The topological polar surface area (TPSA) is 47.3 Å². The fourth-order valence-corrected chi connectivity index (χ4v) is 1.89. The standard InChI is InChI=1S/C13H14ClFN2O2/c1-18-6-5-16-7-11-13(19-8-17-11)9-3-2-4-10(15)12(9)14/h2-4,8,16H,5-7H2,1H3. The first kappa shape index (κ1) is 14.0. The van der Waals surface area contributed by atoms with Crippen LogP contribution >= 0.6 is 11.6 Å². The van der Waals surface area contributed by atoms with Gasteiger partial charge in [-0.05, 0) is 12.1 Å². The van der Waals surface area contributed by atoms with Crippen molar-refractivity contribution in [1.82, 2.24) is 10.3 Å². The second-order valence-electron chi connectivity index (χ2n) is 3.90. The van der Waals surface area contributed by atoms with E-state index in [-0.39, 0.29) is 5.02 Å². The van der Waals surface area contributed by atoms with Gasteiger partial charge >= 0.3 is 0 Å². The van der Waals surface area contributed by atoms with Gasteiger partial charge in [0.05, 0.1) is 11.6 Å². The second-order valence-corrected chi connectivity index (χ2v) is 4.28. The molecule has 0 fully saturated rings. The predicted octanol–water partition coefficient (Wildman–Crippen LogP) is 2.87. The van der Waals surface area contributed by atoms with Crippen molar-refractivity contribution in [3.8, 4) is 11.3 Å². The molecule has 1 N–H and O–H groups in total. The van der Waals surface area contributed by atoms with E-state index in [1.165, 1.54) is 12.5 Å². The van der Waals surface area contributed by atoms with Crippen LogP contribution in [0.25, 0.3) is 11.3 Å². The summed E-state index contributed by atoms with van der Waals surface area (Å²) in [5, 5.41) is 3.19. The summed E-state index contributed by atoms with van der Waals surface area (Å²) >= 11 is 5.94. The zero-order valence-corrected chi connectivity index (χ0v) is 11.2. The SMILES string of the molecule is COCCNCc1ncoc1-c1cccc(F)c1Cl. The Morgan fingerprint density at radius 3 is 3.11 bits per heavy atom. The van der Waals surface area contributed by atoms with E-state index >= 15 is 0 Å². The van der Waals surface area contributed by atoms with Crippen LogP contribution in [-0.2, 0) is 11.3 Å². The van der Waals surface area contributed by atoms with Crippen LogP contribution in [-0.4, -0.2) is 25.2 Å². The van der Waals surface area contributed by atoms with E-state index in [1.54, 1.807) is 19.2 Å². The molecule has 1 aromatic heterocycles. The van der Waals surface area contributed by atoms with Crippen molar-refractivity contribution in [1.29, 1.82) is 0 Å². The van der Waals surface area contributed by atoms with Gasteiger partial charge in [0.15, 0.2) is 12.2 Å². The number of oxazole rings is 1. The van der Waals surface area contributed by atoms with E-state index in [9.17, 15) is 4.39 Å². The van der Waals surface area contributed by atoms with Crippen molar-refractivity contribution in [3.05, 3.63) is 41.1 Å². The lowest BCUT2D eigenvalue weighted by Gasteiger charge is -2.05. The molecule has 0 radical (unpaired) electrons. The molecular weight excluding hydrogens is 271 g/mol. The Balaban J connectivity index is 2.17. The van der Waals surface area contributed by atoms with Gasteiger partial charge in [0.2, 0.25) is 0 Å². The molecule has 2 rings (SSSR count). The summed E-state index contributed by atoms with van der Waals surface area (Å²) in [6.45, 7) is 1.80. The minimum Gasteiger partial charge on any atom is -0.443 e. The third-order valence-electron chi connectivity index (χ3n) is 2.61. The number of nitrogens with zero attached hydrogens (tertiary/aromatic N) is 1. The number of methoxy groups -OCH3 is 1. The first-order valence-electron chi connectivity index (χ1n) is 5.80. The molecule has 102 valence electrons. The van der Waals surface area contributed by atoms with Crippen molar-refractivity contribution >= 4 is 11.6 Å². The highest BCUT2D eigenvalue weighted by atomic mass is 35.5. The average molecular weight is 285 g/mol. The molecule has 1 heterocycles. The van der Waals surface area contributed by atoms with Crippen LogP contribution in [0.15, 0.2) is 29.0 Å². The summed E-state index contributed by atoms with van der Waals surface area (Å²) < 4.78 is 23.7. The van der Waals surface area contributed by atoms with E-state index in [4.69, 9.17) is 20.8 Å². The molecule has 0 aliphatic heterocycles. The van der Waals surface area contributed by atoms with Crippen LogP contribution in [0.4, 0.5) is 4.39 Å². The quantitative estimate of drug-likeness (QED) is 0.829. The van der Waals surface area contributed by atoms with Crippen molar-refractivity contribution in [2.24, 2.45) is 0 Å². The first-order valence-corrected chi connectivity index (χ1v) is 6.18. The molecular formula is C13H14ClFN2O2. The number of benzene rings is 1. The van der Waals surface area contributed by atoms with Gasteiger partial charge in [-0.1, -0.05) is 17.7 Å². The molecule has 6 heteroatoms. The Morgan fingerprint density at radius 2 is 2.32 bits per heavy atom. The maximum Gasteiger partial charge on any atom is 0.181 e. The zero-order chi connectivity index (χ0) is 13.7. The lowest BCUT2D eigenvalue weighted by molar-refractivity contribution is 0.199. The summed E-state index contributed by atoms with van der Waals surface area (Å²) in [5.41, 5.74) is 1.19. The second kappa shape index (κ2) is 6.65. The molecule has 0 unspecified atom stereocenters. The van der Waals surface area contributed by atoms with Gasteiger partial charge in [0.25, 0.3) is 0 Å². The Hall–Kier alpha value is -1.43. The lowest BCUT2D eigenvalue weighted by Crippen LogP contribution is -2.19. The molecule has 0 spiro atoms. The highest BCUT2D eigenvalue weighted by Gasteiger charge is 2.15. The molecule has 0 aliphatic rings. The monoisotopic (exact) mass is 284 g/mol. The van der Waals surface area contributed by atoms with E-state index in [0.29, 0.717) is 36.7 Å². The third-order valence-corrected chi connectivity index (χ3v) is 3.00. The van der Waals surface area contributed by atoms with Crippen molar-refractivity contribution < 1.29 is 13.5 Å². The van der Waals surface area contributed by atoms with Gasteiger partial charge in [-0.2, -0.15) is 0 Å². The van der Waals surface area contributed by atoms with E-state index in [2.05, 4.69) is 10.3 Å². The van der Waals surface area contributed by atoms with E-state index < -0.39 is 5.82 Å². The number of aromatic nitrogens is 1. The molecule has 0 saturated heterocycles. The molecule has 19 heavy (non-hydrogen) atoms. The zero-order valence-electron chi connectivity index (χ0n) is 10.5. The highest BCUT2D eigenvalue weighted by molar-refractivity contribution is 6.33. The first-order chi connectivity index (χ1) is 9.24. The highest BCUT2D eigenvalue weighted by Crippen LogP contribution is 2.31. The molecule has 2 aromatic rings. The number of hydrogen-bond acceptors (Lipinski definition) is 4. The summed E-state index contributed by atoms with van der Waals surface area (Å²) in [7, 11) is 1.63. The molecule has 0 aliphatic carbocycles. The molecule has 0 atom stereocenters. The molecule has 0 bridgehead atoms. The number of rotatable bonds is 6. The number of hydrogen-bond donors (Lipinski definition) is 1. The number of halogens is 2. The third kappa shape index (κ3) is 3.32. The summed E-state index contributed by atoms with van der Waals surface area (Å²) in [6, 6.07) is 4.59. The molecule has 0 saturated carbocycles. The lowest BCUT2D eigenvalue weighted by atomic mass is 10.1. The summed E-state index contributed by atoms with van der Waals surface area (Å²) in [4.78, 5) is 4.11. The largest absolute Gasteiger partial charge is 0.443 e. The maximum absolute atomic E-state index is 13.4. The van der Waals surface area contributed by atoms with Crippen LogP contribution in [0.5, 0.6) is 0 Å². The van der Waals surface area contributed by atoms with Gasteiger partial charge < -0.3 is 14.5 Å². The molecule has 1 aromatic carbocycles. The minimum absolute atomic E-state index is 0.0393. The Labute approximate surface area is 115 Å². The maximum atomic E-state index is 13.4. The smallest absolute Gasteiger partial charge is 0.181 e. The summed E-state index contributed by atoms with van der Waals surface area (Å²) in [6.07, 6.45) is 1.32. The van der Waals surface area contributed by atoms with Crippen LogP contribution in [0.3, 0.4) is 0 Å². The van der Waals surface area contributed by atoms with Gasteiger partial charge in [-0.25, -0.2) is 9.37 Å². The normalized spacial score (nSPS) is 10.9. The fourth-order valence-electron chi connectivity index (χ4n) is 1.67. The Morgan fingerprint density at radius 1 is 1.47 bits per heavy atom.